The minimum absolute atomic E-state index is 0.0230. The summed E-state index contributed by atoms with van der Waals surface area (Å²) < 4.78 is 4.93. The molecule has 3 rings (SSSR count). The first kappa shape index (κ1) is 21.5. The van der Waals surface area contributed by atoms with Gasteiger partial charge in [0.25, 0.3) is 0 Å². The highest BCUT2D eigenvalue weighted by Gasteiger charge is 2.40. The average Bonchev–Trinajstić information content (AvgIpc) is 2.75. The first-order chi connectivity index (χ1) is 14.0. The fraction of sp³-hybridized carbons (Fsp3) is 0.789. The number of amides is 4. The van der Waals surface area contributed by atoms with Crippen molar-refractivity contribution in [1.29, 1.82) is 0 Å². The molecule has 29 heavy (non-hydrogen) atoms. The number of rotatable bonds is 5. The molecule has 3 aliphatic rings. The maximum atomic E-state index is 13.2. The number of hydrogen-bond donors (Lipinski definition) is 3. The number of carbonyl (C=O) groups excluding carboxylic acids is 4. The lowest BCUT2D eigenvalue weighted by Gasteiger charge is -2.42. The van der Waals surface area contributed by atoms with Crippen LogP contribution in [0.2, 0.25) is 0 Å². The highest BCUT2D eigenvalue weighted by molar-refractivity contribution is 5.93. The summed E-state index contributed by atoms with van der Waals surface area (Å²) in [4.78, 5) is 53.7. The van der Waals surface area contributed by atoms with Crippen LogP contribution in [0.1, 0.15) is 25.7 Å². The highest BCUT2D eigenvalue weighted by Crippen LogP contribution is 2.19. The van der Waals surface area contributed by atoms with E-state index in [1.807, 2.05) is 0 Å². The van der Waals surface area contributed by atoms with E-state index in [0.29, 0.717) is 26.1 Å². The molecule has 0 unspecified atom stereocenters. The van der Waals surface area contributed by atoms with Crippen LogP contribution < -0.4 is 16.0 Å². The smallest absolute Gasteiger partial charge is 0.248 e. The van der Waals surface area contributed by atoms with Crippen molar-refractivity contribution >= 4 is 23.6 Å². The molecule has 0 saturated carbocycles. The number of piperazine rings is 1. The Balaban J connectivity index is 1.72. The molecule has 0 bridgehead atoms. The monoisotopic (exact) mass is 410 g/mol. The van der Waals surface area contributed by atoms with Crippen LogP contribution in [0.4, 0.5) is 0 Å². The molecule has 0 aromatic rings. The van der Waals surface area contributed by atoms with Gasteiger partial charge in [-0.3, -0.25) is 19.2 Å². The number of quaternary nitrogens is 1. The number of ether oxygens (including phenoxy) is 1. The van der Waals surface area contributed by atoms with E-state index in [2.05, 4.69) is 16.0 Å². The molecule has 3 fully saturated rings. The Labute approximate surface area is 170 Å². The minimum atomic E-state index is -0.794. The van der Waals surface area contributed by atoms with Crippen molar-refractivity contribution in [2.24, 2.45) is 5.92 Å². The molecule has 162 valence electrons. The van der Waals surface area contributed by atoms with Gasteiger partial charge in [-0.05, 0) is 12.8 Å². The predicted octanol–water partition coefficient (Wildman–Crippen LogP) is -2.96. The number of carbonyl (C=O) groups is 4. The van der Waals surface area contributed by atoms with Crippen molar-refractivity contribution in [3.8, 4) is 0 Å². The van der Waals surface area contributed by atoms with Gasteiger partial charge in [-0.2, -0.15) is 0 Å². The summed E-state index contributed by atoms with van der Waals surface area (Å²) in [6.07, 6.45) is 2.95. The number of piperidine rings is 2. The molecule has 0 spiro atoms. The Morgan fingerprint density at radius 3 is 2.66 bits per heavy atom. The molecule has 10 nitrogen and oxygen atoms in total. The van der Waals surface area contributed by atoms with Gasteiger partial charge < -0.3 is 30.5 Å². The quantitative estimate of drug-likeness (QED) is 0.447. The summed E-state index contributed by atoms with van der Waals surface area (Å²) in [5.41, 5.74) is 0. The fourth-order valence-electron chi connectivity index (χ4n) is 4.30. The molecule has 0 aromatic heterocycles. The minimum Gasteiger partial charge on any atom is -0.375 e. The van der Waals surface area contributed by atoms with Gasteiger partial charge in [-0.15, -0.1) is 0 Å². The van der Waals surface area contributed by atoms with Crippen LogP contribution in [0.25, 0.3) is 0 Å². The molecule has 10 heteroatoms. The standard InChI is InChI=1S/C19H31N5O5/c1-29-12-16(25)23-9-10-24(19(28)13-4-7-20-8-5-13)15(11-23)18(27)22-14-3-2-6-21-17(14)26/h13-15,20H,2-12H2,1H3,(H,21,26)(H,22,27)/p+1/t14-,15-/m0/s1. The van der Waals surface area contributed by atoms with Crippen LogP contribution >= 0.6 is 0 Å². The van der Waals surface area contributed by atoms with Crippen LogP contribution in [0.5, 0.6) is 0 Å². The third-order valence-corrected chi connectivity index (χ3v) is 5.98. The van der Waals surface area contributed by atoms with E-state index in [1.54, 1.807) is 9.80 Å². The van der Waals surface area contributed by atoms with Crippen molar-refractivity contribution in [2.75, 3.05) is 53.0 Å². The zero-order valence-electron chi connectivity index (χ0n) is 17.0. The van der Waals surface area contributed by atoms with Crippen molar-refractivity contribution in [3.05, 3.63) is 0 Å². The number of nitrogens with two attached hydrogens (primary N) is 1. The molecule has 2 atom stereocenters. The van der Waals surface area contributed by atoms with Crippen molar-refractivity contribution < 1.29 is 29.2 Å². The lowest BCUT2D eigenvalue weighted by Crippen LogP contribution is -2.86. The maximum Gasteiger partial charge on any atom is 0.248 e. The van der Waals surface area contributed by atoms with E-state index in [1.165, 1.54) is 7.11 Å². The second-order valence-corrected chi connectivity index (χ2v) is 7.95. The molecule has 3 aliphatic heterocycles. The molecule has 4 amide bonds. The van der Waals surface area contributed by atoms with E-state index in [4.69, 9.17) is 4.74 Å². The zero-order chi connectivity index (χ0) is 20.8. The SMILES string of the molecule is COCC(=O)N1CCN(C(=O)C2CC[NH2+]CC2)[C@H](C(=O)N[C@H]2CCCNC2=O)C1. The predicted molar refractivity (Wildman–Crippen MR) is 103 cm³/mol. The van der Waals surface area contributed by atoms with Crippen LogP contribution in [0.15, 0.2) is 0 Å². The number of hydrogen-bond acceptors (Lipinski definition) is 5. The number of nitrogens with zero attached hydrogens (tertiary/aromatic N) is 2. The van der Waals surface area contributed by atoms with Gasteiger partial charge in [0.05, 0.1) is 19.6 Å². The summed E-state index contributed by atoms with van der Waals surface area (Å²) in [7, 11) is 1.45. The van der Waals surface area contributed by atoms with E-state index in [-0.39, 0.29) is 42.7 Å². The Kier molecular flexibility index (Phi) is 7.43. The van der Waals surface area contributed by atoms with E-state index < -0.39 is 12.1 Å². The largest absolute Gasteiger partial charge is 0.375 e. The lowest BCUT2D eigenvalue weighted by molar-refractivity contribution is -0.664. The normalized spacial score (nSPS) is 26.0. The molecule has 0 aromatic carbocycles. The fourth-order valence-corrected chi connectivity index (χ4v) is 4.30. The molecule has 3 heterocycles. The van der Waals surface area contributed by atoms with Crippen molar-refractivity contribution in [2.45, 2.75) is 37.8 Å². The second kappa shape index (κ2) is 10.0. The van der Waals surface area contributed by atoms with Crippen LogP contribution in [0.3, 0.4) is 0 Å². The van der Waals surface area contributed by atoms with Gasteiger partial charge in [0, 0.05) is 45.5 Å². The van der Waals surface area contributed by atoms with Crippen LogP contribution in [-0.4, -0.2) is 98.5 Å². The highest BCUT2D eigenvalue weighted by atomic mass is 16.5. The third-order valence-electron chi connectivity index (χ3n) is 5.98. The third kappa shape index (κ3) is 5.24. The van der Waals surface area contributed by atoms with Crippen LogP contribution in [-0.2, 0) is 23.9 Å². The lowest BCUT2D eigenvalue weighted by atomic mass is 9.95. The summed E-state index contributed by atoms with van der Waals surface area (Å²) in [6, 6.07) is -1.39. The maximum absolute atomic E-state index is 13.2. The summed E-state index contributed by atoms with van der Waals surface area (Å²) in [5, 5.41) is 7.74. The van der Waals surface area contributed by atoms with Crippen molar-refractivity contribution in [1.82, 2.24) is 20.4 Å². The molecule has 3 saturated heterocycles. The van der Waals surface area contributed by atoms with E-state index in [0.717, 1.165) is 32.4 Å². The molecule has 4 N–H and O–H groups in total. The zero-order valence-corrected chi connectivity index (χ0v) is 17.0. The number of nitrogens with one attached hydrogen (secondary N) is 2. The number of methoxy groups -OCH3 is 1. The van der Waals surface area contributed by atoms with Gasteiger partial charge in [-0.25, -0.2) is 0 Å². The average molecular weight is 410 g/mol. The summed E-state index contributed by atoms with van der Waals surface area (Å²) in [6.45, 7) is 3.16. The first-order valence-corrected chi connectivity index (χ1v) is 10.5. The Hall–Kier alpha value is -2.20. The topological polar surface area (TPSA) is 125 Å². The van der Waals surface area contributed by atoms with E-state index in [9.17, 15) is 19.2 Å². The second-order valence-electron chi connectivity index (χ2n) is 7.95. The van der Waals surface area contributed by atoms with Crippen LogP contribution in [0, 0.1) is 5.92 Å². The van der Waals surface area contributed by atoms with Gasteiger partial charge in [-0.1, -0.05) is 0 Å². The molecule has 0 aliphatic carbocycles. The summed E-state index contributed by atoms with van der Waals surface area (Å²) in [5.74, 6) is -0.897. The molecule has 0 radical (unpaired) electrons. The van der Waals surface area contributed by atoms with Gasteiger partial charge in [0.1, 0.15) is 18.7 Å². The Morgan fingerprint density at radius 1 is 1.21 bits per heavy atom. The molecular formula is C19H32N5O5+. The van der Waals surface area contributed by atoms with Gasteiger partial charge in [0.15, 0.2) is 0 Å². The van der Waals surface area contributed by atoms with Gasteiger partial charge >= 0.3 is 0 Å². The Bertz CT molecular complexity index is 636. The summed E-state index contributed by atoms with van der Waals surface area (Å²) >= 11 is 0. The van der Waals surface area contributed by atoms with E-state index >= 15 is 0 Å². The molecular weight excluding hydrogens is 378 g/mol. The van der Waals surface area contributed by atoms with Crippen molar-refractivity contribution in [3.63, 3.8) is 0 Å². The Morgan fingerprint density at radius 2 is 1.97 bits per heavy atom. The first-order valence-electron chi connectivity index (χ1n) is 10.5. The van der Waals surface area contributed by atoms with Gasteiger partial charge in [0.2, 0.25) is 23.6 Å².